The van der Waals surface area contributed by atoms with Gasteiger partial charge in [-0.1, -0.05) is 12.1 Å². The summed E-state index contributed by atoms with van der Waals surface area (Å²) in [4.78, 5) is 46.1. The van der Waals surface area contributed by atoms with Crippen LogP contribution in [0.15, 0.2) is 24.3 Å². The topological polar surface area (TPSA) is 122 Å². The lowest BCUT2D eigenvalue weighted by Crippen LogP contribution is -2.41. The van der Waals surface area contributed by atoms with Gasteiger partial charge < -0.3 is 14.2 Å². The first kappa shape index (κ1) is 19.1. The van der Waals surface area contributed by atoms with E-state index >= 15 is 0 Å². The molecule has 0 radical (unpaired) electrons. The molecule has 0 N–H and O–H groups in total. The molecule has 0 heterocycles. The fraction of sp³-hybridized carbons (Fsp3) is 0.400. The number of hydrogen-bond donors (Lipinski definition) is 0. The van der Waals surface area contributed by atoms with Crippen LogP contribution in [-0.2, 0) is 34.0 Å². The van der Waals surface area contributed by atoms with Gasteiger partial charge in [-0.3, -0.25) is 24.5 Å². The van der Waals surface area contributed by atoms with E-state index in [4.69, 9.17) is 4.74 Å². The van der Waals surface area contributed by atoms with E-state index in [1.165, 1.54) is 24.3 Å². The monoisotopic (exact) mass is 339 g/mol. The molecule has 0 fully saturated rings. The number of benzene rings is 1. The minimum absolute atomic E-state index is 0.200. The normalized spacial score (nSPS) is 10.6. The van der Waals surface area contributed by atoms with Crippen LogP contribution in [0.5, 0.6) is 0 Å². The van der Waals surface area contributed by atoms with Gasteiger partial charge in [-0.2, -0.15) is 0 Å². The molecular weight excluding hydrogens is 322 g/mol. The second-order valence-corrected chi connectivity index (χ2v) is 4.88. The first-order chi connectivity index (χ1) is 11.3. The molecule has 130 valence electrons. The van der Waals surface area contributed by atoms with Crippen molar-refractivity contribution in [3.05, 3.63) is 39.9 Å². The van der Waals surface area contributed by atoms with Crippen molar-refractivity contribution in [2.45, 2.75) is 18.3 Å². The number of carbonyl (C=O) groups excluding carboxylic acids is 3. The number of carbonyl (C=O) groups is 3. The lowest BCUT2D eigenvalue weighted by atomic mass is 9.74. The van der Waals surface area contributed by atoms with Crippen LogP contribution in [0, 0.1) is 10.1 Å². The SMILES string of the molecule is COC(=O)CC(CC(=O)OC)(C(=O)OC)c1ccc([N+](=O)[O-])cc1. The molecule has 0 amide bonds. The van der Waals surface area contributed by atoms with Crippen molar-refractivity contribution in [3.63, 3.8) is 0 Å². The molecule has 0 spiro atoms. The minimum atomic E-state index is -1.70. The van der Waals surface area contributed by atoms with Crippen molar-refractivity contribution < 1.29 is 33.5 Å². The molecule has 1 aromatic rings. The van der Waals surface area contributed by atoms with Gasteiger partial charge in [-0.15, -0.1) is 0 Å². The summed E-state index contributed by atoms with van der Waals surface area (Å²) in [5, 5.41) is 10.8. The maximum Gasteiger partial charge on any atom is 0.317 e. The van der Waals surface area contributed by atoms with Crippen molar-refractivity contribution in [2.75, 3.05) is 21.3 Å². The maximum absolute atomic E-state index is 12.4. The zero-order valence-corrected chi connectivity index (χ0v) is 13.4. The van der Waals surface area contributed by atoms with Gasteiger partial charge in [0.05, 0.1) is 39.1 Å². The second-order valence-electron chi connectivity index (χ2n) is 4.88. The lowest BCUT2D eigenvalue weighted by molar-refractivity contribution is -0.384. The Morgan fingerprint density at radius 1 is 0.958 bits per heavy atom. The maximum atomic E-state index is 12.4. The third-order valence-corrected chi connectivity index (χ3v) is 3.55. The molecule has 0 saturated carbocycles. The summed E-state index contributed by atoms with van der Waals surface area (Å²) in [7, 11) is 3.38. The molecule has 9 nitrogen and oxygen atoms in total. The van der Waals surface area contributed by atoms with E-state index in [9.17, 15) is 24.5 Å². The first-order valence-electron chi connectivity index (χ1n) is 6.77. The Hall–Kier alpha value is -2.97. The molecule has 0 saturated heterocycles. The fourth-order valence-corrected chi connectivity index (χ4v) is 2.26. The number of hydrogen-bond acceptors (Lipinski definition) is 8. The molecular formula is C15H17NO8. The van der Waals surface area contributed by atoms with Gasteiger partial charge in [-0.25, -0.2) is 0 Å². The van der Waals surface area contributed by atoms with E-state index in [0.717, 1.165) is 21.3 Å². The predicted molar refractivity (Wildman–Crippen MR) is 80.1 cm³/mol. The molecule has 0 aliphatic rings. The number of nitro benzene ring substituents is 1. The number of esters is 3. The molecule has 0 aliphatic carbocycles. The van der Waals surface area contributed by atoms with Crippen LogP contribution in [0.2, 0.25) is 0 Å². The predicted octanol–water partition coefficient (Wildman–Crippen LogP) is 1.13. The molecule has 0 aromatic heterocycles. The molecule has 0 atom stereocenters. The number of rotatable bonds is 7. The van der Waals surface area contributed by atoms with Gasteiger partial charge >= 0.3 is 17.9 Å². The molecule has 0 aliphatic heterocycles. The largest absolute Gasteiger partial charge is 0.469 e. The van der Waals surface area contributed by atoms with Crippen molar-refractivity contribution in [1.29, 1.82) is 0 Å². The number of nitro groups is 1. The lowest BCUT2D eigenvalue weighted by Gasteiger charge is -2.29. The highest BCUT2D eigenvalue weighted by molar-refractivity contribution is 5.93. The number of non-ortho nitro benzene ring substituents is 1. The van der Waals surface area contributed by atoms with Crippen LogP contribution in [0.4, 0.5) is 5.69 Å². The number of ether oxygens (including phenoxy) is 3. The molecule has 1 rings (SSSR count). The smallest absolute Gasteiger partial charge is 0.317 e. The van der Waals surface area contributed by atoms with Crippen LogP contribution in [-0.4, -0.2) is 44.2 Å². The highest BCUT2D eigenvalue weighted by Gasteiger charge is 2.46. The van der Waals surface area contributed by atoms with Gasteiger partial charge in [0.25, 0.3) is 5.69 Å². The standard InChI is InChI=1S/C15H17NO8/c1-22-12(17)8-15(14(19)24-3,9-13(18)23-2)10-4-6-11(7-5-10)16(20)21/h4-7H,8-9H2,1-3H3. The third-order valence-electron chi connectivity index (χ3n) is 3.55. The summed E-state index contributed by atoms with van der Waals surface area (Å²) in [5.41, 5.74) is -1.70. The third kappa shape index (κ3) is 4.06. The summed E-state index contributed by atoms with van der Waals surface area (Å²) in [6.45, 7) is 0. The molecule has 9 heteroatoms. The van der Waals surface area contributed by atoms with Crippen molar-refractivity contribution in [2.24, 2.45) is 0 Å². The van der Waals surface area contributed by atoms with Crippen molar-refractivity contribution in [1.82, 2.24) is 0 Å². The highest BCUT2D eigenvalue weighted by Crippen LogP contribution is 2.35. The van der Waals surface area contributed by atoms with Crippen LogP contribution < -0.4 is 0 Å². The number of methoxy groups -OCH3 is 3. The Labute approximate surface area is 137 Å². The average Bonchev–Trinajstić information content (AvgIpc) is 2.59. The van der Waals surface area contributed by atoms with Gasteiger partial charge in [-0.05, 0) is 5.56 Å². The molecule has 24 heavy (non-hydrogen) atoms. The zero-order valence-electron chi connectivity index (χ0n) is 13.4. The van der Waals surface area contributed by atoms with Crippen LogP contribution in [0.3, 0.4) is 0 Å². The van der Waals surface area contributed by atoms with Crippen molar-refractivity contribution in [3.8, 4) is 0 Å². The Morgan fingerprint density at radius 2 is 1.42 bits per heavy atom. The van der Waals surface area contributed by atoms with Gasteiger partial charge in [0, 0.05) is 12.1 Å². The fourth-order valence-electron chi connectivity index (χ4n) is 2.26. The minimum Gasteiger partial charge on any atom is -0.469 e. The van der Waals surface area contributed by atoms with Crippen LogP contribution in [0.1, 0.15) is 18.4 Å². The Bertz CT molecular complexity index is 619. The van der Waals surface area contributed by atoms with Crippen LogP contribution >= 0.6 is 0 Å². The average molecular weight is 339 g/mol. The first-order valence-corrected chi connectivity index (χ1v) is 6.77. The van der Waals surface area contributed by atoms with E-state index < -0.39 is 41.1 Å². The van der Waals surface area contributed by atoms with E-state index in [1.807, 2.05) is 0 Å². The zero-order chi connectivity index (χ0) is 18.3. The Balaban J connectivity index is 3.46. The quantitative estimate of drug-likeness (QED) is 0.313. The van der Waals surface area contributed by atoms with E-state index in [1.54, 1.807) is 0 Å². The number of nitrogens with zero attached hydrogens (tertiary/aromatic N) is 1. The Kier molecular flexibility index (Phi) is 6.39. The molecule has 0 bridgehead atoms. The van der Waals surface area contributed by atoms with Gasteiger partial charge in [0.15, 0.2) is 0 Å². The summed E-state index contributed by atoms with van der Waals surface area (Å²) in [5.74, 6) is -2.35. The van der Waals surface area contributed by atoms with Gasteiger partial charge in [0.2, 0.25) is 0 Å². The summed E-state index contributed by atoms with van der Waals surface area (Å²) < 4.78 is 13.9. The second kappa shape index (κ2) is 8.04. The van der Waals surface area contributed by atoms with E-state index in [-0.39, 0.29) is 11.3 Å². The van der Waals surface area contributed by atoms with Gasteiger partial charge in [0.1, 0.15) is 5.41 Å². The summed E-state index contributed by atoms with van der Waals surface area (Å²) >= 11 is 0. The van der Waals surface area contributed by atoms with E-state index in [2.05, 4.69) is 9.47 Å². The summed E-state index contributed by atoms with van der Waals surface area (Å²) in [6.07, 6.45) is -0.966. The molecule has 0 unspecified atom stereocenters. The highest BCUT2D eigenvalue weighted by atomic mass is 16.6. The van der Waals surface area contributed by atoms with Crippen molar-refractivity contribution >= 4 is 23.6 Å². The molecule has 1 aromatic carbocycles. The Morgan fingerprint density at radius 3 is 1.75 bits per heavy atom. The van der Waals surface area contributed by atoms with E-state index in [0.29, 0.717) is 0 Å². The van der Waals surface area contributed by atoms with Crippen LogP contribution in [0.25, 0.3) is 0 Å². The summed E-state index contributed by atoms with van der Waals surface area (Å²) in [6, 6.07) is 4.92.